The van der Waals surface area contributed by atoms with E-state index >= 15 is 0 Å². The highest BCUT2D eigenvalue weighted by atomic mass is 16.5. The first-order valence-corrected chi connectivity index (χ1v) is 13.7. The maximum absolute atomic E-state index is 5.68. The van der Waals surface area contributed by atoms with Crippen molar-refractivity contribution in [1.29, 1.82) is 0 Å². The van der Waals surface area contributed by atoms with Crippen molar-refractivity contribution in [3.8, 4) is 0 Å². The first kappa shape index (κ1) is 24.2. The predicted molar refractivity (Wildman–Crippen MR) is 144 cm³/mol. The Bertz CT molecular complexity index is 1190. The van der Waals surface area contributed by atoms with Crippen molar-refractivity contribution in [3.05, 3.63) is 29.2 Å². The summed E-state index contributed by atoms with van der Waals surface area (Å²) < 4.78 is 7.56. The Hall–Kier alpha value is -2.16. The number of hydrogen-bond donors (Lipinski definition) is 2. The van der Waals surface area contributed by atoms with Gasteiger partial charge < -0.3 is 20.0 Å². The number of nitrogens with zero attached hydrogens (tertiary/aromatic N) is 5. The summed E-state index contributed by atoms with van der Waals surface area (Å²) in [7, 11) is 3.79. The molecular weight excluding hydrogens is 450 g/mol. The van der Waals surface area contributed by atoms with Gasteiger partial charge in [-0.25, -0.2) is 10.4 Å². The first-order valence-electron chi connectivity index (χ1n) is 13.7. The maximum Gasteiger partial charge on any atom is 0.159 e. The number of ether oxygens (including phenoxy) is 1. The molecular formula is C28H43N7O. The zero-order chi connectivity index (χ0) is 25.3. The molecule has 1 atom stereocenters. The van der Waals surface area contributed by atoms with Gasteiger partial charge in [0, 0.05) is 69.7 Å². The van der Waals surface area contributed by atoms with Gasteiger partial charge in [-0.3, -0.25) is 4.68 Å². The minimum atomic E-state index is -0.114. The zero-order valence-corrected chi connectivity index (χ0v) is 22.9. The lowest BCUT2D eigenvalue weighted by molar-refractivity contribution is 0.0164. The number of anilines is 1. The summed E-state index contributed by atoms with van der Waals surface area (Å²) in [6.45, 7) is 12.8. The van der Waals surface area contributed by atoms with Crippen molar-refractivity contribution in [2.24, 2.45) is 12.5 Å². The molecule has 4 aliphatic rings. The first-order chi connectivity index (χ1) is 17.1. The van der Waals surface area contributed by atoms with E-state index in [1.807, 2.05) is 25.0 Å². The molecule has 2 aliphatic heterocycles. The van der Waals surface area contributed by atoms with E-state index in [0.29, 0.717) is 17.0 Å². The number of hydrogen-bond acceptors (Lipinski definition) is 7. The predicted octanol–water partition coefficient (Wildman–Crippen LogP) is 3.67. The third kappa shape index (κ3) is 4.02. The van der Waals surface area contributed by atoms with E-state index in [2.05, 4.69) is 59.5 Å². The van der Waals surface area contributed by atoms with Crippen LogP contribution in [0.2, 0.25) is 0 Å². The maximum atomic E-state index is 5.68. The van der Waals surface area contributed by atoms with Crippen LogP contribution in [0.4, 0.5) is 5.69 Å². The van der Waals surface area contributed by atoms with Gasteiger partial charge in [0.2, 0.25) is 0 Å². The van der Waals surface area contributed by atoms with Crippen LogP contribution in [0.25, 0.3) is 11.0 Å². The van der Waals surface area contributed by atoms with Gasteiger partial charge in [0.25, 0.3) is 0 Å². The lowest BCUT2D eigenvalue weighted by Crippen LogP contribution is -2.48. The van der Waals surface area contributed by atoms with Crippen LogP contribution in [0.15, 0.2) is 23.5 Å². The average molecular weight is 494 g/mol. The van der Waals surface area contributed by atoms with Crippen molar-refractivity contribution in [1.82, 2.24) is 30.5 Å². The number of nitrogens with one attached hydrogen (secondary N) is 2. The number of pyridine rings is 1. The van der Waals surface area contributed by atoms with E-state index in [9.17, 15) is 0 Å². The number of fused-ring (bicyclic) bond motifs is 3. The summed E-state index contributed by atoms with van der Waals surface area (Å²) in [5.41, 5.74) is 10.8. The third-order valence-electron chi connectivity index (χ3n) is 9.62. The summed E-state index contributed by atoms with van der Waals surface area (Å²) in [5.74, 6) is 0. The fourth-order valence-corrected chi connectivity index (χ4v) is 7.28. The van der Waals surface area contributed by atoms with Gasteiger partial charge in [-0.15, -0.1) is 0 Å². The van der Waals surface area contributed by atoms with Gasteiger partial charge in [0.05, 0.1) is 22.9 Å². The summed E-state index contributed by atoms with van der Waals surface area (Å²) in [4.78, 5) is 7.27. The van der Waals surface area contributed by atoms with Crippen molar-refractivity contribution in [2.45, 2.75) is 83.4 Å². The summed E-state index contributed by atoms with van der Waals surface area (Å²) in [6, 6.07) is 2.60. The smallest absolute Gasteiger partial charge is 0.159 e. The lowest BCUT2D eigenvalue weighted by atomic mass is 9.83. The fourth-order valence-electron chi connectivity index (χ4n) is 7.28. The molecule has 2 fully saturated rings. The molecule has 1 unspecified atom stereocenters. The molecule has 0 spiro atoms. The van der Waals surface area contributed by atoms with Crippen LogP contribution in [0.3, 0.4) is 0 Å². The van der Waals surface area contributed by atoms with E-state index in [-0.39, 0.29) is 5.60 Å². The average Bonchev–Trinajstić information content (AvgIpc) is 3.60. The van der Waals surface area contributed by atoms with Gasteiger partial charge in [0.1, 0.15) is 0 Å². The standard InChI is InChI=1S/C28H43N7O/c1-19-13-24(21-14-30-33(5)25(21)31-19)34-12-7-23-22(15-34)20(2)32-35(23)18-27-8-10-28(16-27,11-9-27)29-17-26(3,4)36-6/h13-14,20,29,32H,7-12,15-18H2,1-6H3. The van der Waals surface area contributed by atoms with Crippen LogP contribution in [0, 0.1) is 12.3 Å². The second-order valence-corrected chi connectivity index (χ2v) is 12.6. The van der Waals surface area contributed by atoms with E-state index < -0.39 is 0 Å². The highest BCUT2D eigenvalue weighted by molar-refractivity contribution is 5.90. The van der Waals surface area contributed by atoms with Crippen LogP contribution in [-0.2, 0) is 11.8 Å². The van der Waals surface area contributed by atoms with Crippen LogP contribution >= 0.6 is 0 Å². The quantitative estimate of drug-likeness (QED) is 0.610. The molecule has 0 saturated heterocycles. The molecule has 8 nitrogen and oxygen atoms in total. The Kier molecular flexibility index (Phi) is 5.67. The Labute approximate surface area is 215 Å². The fraction of sp³-hybridized carbons (Fsp3) is 0.714. The minimum absolute atomic E-state index is 0.114. The van der Waals surface area contributed by atoms with E-state index in [1.54, 1.807) is 11.3 Å². The molecule has 8 heteroatoms. The second kappa shape index (κ2) is 8.43. The van der Waals surface area contributed by atoms with Crippen molar-refractivity contribution in [2.75, 3.05) is 38.2 Å². The molecule has 2 N–H and O–H groups in total. The summed E-state index contributed by atoms with van der Waals surface area (Å²) in [6.07, 6.45) is 9.56. The molecule has 196 valence electrons. The molecule has 6 rings (SSSR count). The molecule has 2 aromatic rings. The van der Waals surface area contributed by atoms with Crippen LogP contribution in [0.1, 0.15) is 65.0 Å². The van der Waals surface area contributed by atoms with Gasteiger partial charge in [-0.2, -0.15) is 5.10 Å². The third-order valence-corrected chi connectivity index (χ3v) is 9.62. The Morgan fingerprint density at radius 2 is 2.03 bits per heavy atom. The second-order valence-electron chi connectivity index (χ2n) is 12.6. The Morgan fingerprint density at radius 3 is 2.78 bits per heavy atom. The molecule has 2 aromatic heterocycles. The topological polar surface area (TPSA) is 70.5 Å². The lowest BCUT2D eigenvalue weighted by Gasteiger charge is -2.36. The molecule has 2 aliphatic carbocycles. The van der Waals surface area contributed by atoms with E-state index in [4.69, 9.17) is 9.72 Å². The molecule has 2 bridgehead atoms. The van der Waals surface area contributed by atoms with Gasteiger partial charge in [-0.1, -0.05) is 0 Å². The van der Waals surface area contributed by atoms with E-state index in [1.165, 1.54) is 37.8 Å². The van der Waals surface area contributed by atoms with Gasteiger partial charge in [-0.05, 0) is 76.9 Å². The van der Waals surface area contributed by atoms with E-state index in [0.717, 1.165) is 49.3 Å². The number of aromatic nitrogens is 3. The largest absolute Gasteiger partial charge is 0.377 e. The van der Waals surface area contributed by atoms with Crippen molar-refractivity contribution >= 4 is 16.7 Å². The highest BCUT2D eigenvalue weighted by Crippen LogP contribution is 2.57. The number of methoxy groups -OCH3 is 1. The van der Waals surface area contributed by atoms with Crippen molar-refractivity contribution < 1.29 is 4.74 Å². The molecule has 36 heavy (non-hydrogen) atoms. The van der Waals surface area contributed by atoms with Crippen LogP contribution < -0.4 is 15.6 Å². The highest BCUT2D eigenvalue weighted by Gasteiger charge is 2.55. The van der Waals surface area contributed by atoms with Gasteiger partial charge in [0.15, 0.2) is 5.65 Å². The Morgan fingerprint density at radius 1 is 1.25 bits per heavy atom. The van der Waals surface area contributed by atoms with Gasteiger partial charge >= 0.3 is 0 Å². The minimum Gasteiger partial charge on any atom is -0.377 e. The van der Waals surface area contributed by atoms with Crippen LogP contribution in [0.5, 0.6) is 0 Å². The summed E-state index contributed by atoms with van der Waals surface area (Å²) in [5, 5.41) is 12.1. The van der Waals surface area contributed by atoms with Crippen LogP contribution in [-0.4, -0.2) is 70.2 Å². The monoisotopic (exact) mass is 493 g/mol. The number of hydrazine groups is 1. The van der Waals surface area contributed by atoms with Crippen molar-refractivity contribution in [3.63, 3.8) is 0 Å². The summed E-state index contributed by atoms with van der Waals surface area (Å²) >= 11 is 0. The normalized spacial score (nSPS) is 30.2. The Balaban J connectivity index is 1.17. The molecule has 0 aromatic carbocycles. The molecule has 2 saturated carbocycles. The molecule has 4 heterocycles. The number of aryl methyl sites for hydroxylation is 2. The molecule has 0 radical (unpaired) electrons. The number of rotatable bonds is 7. The zero-order valence-electron chi connectivity index (χ0n) is 22.9. The molecule has 0 amide bonds. The SMILES string of the molecule is COC(C)(C)CNC12CCC(CN3NC(C)C4=C3CCN(c3cc(C)nc5c3cnn5C)C4)(CC1)C2.